The van der Waals surface area contributed by atoms with Crippen LogP contribution in [0.3, 0.4) is 0 Å². The van der Waals surface area contributed by atoms with Crippen LogP contribution < -0.4 is 0 Å². The molecule has 0 nitrogen and oxygen atoms in total. The van der Waals surface area contributed by atoms with E-state index in [1.807, 2.05) is 0 Å². The van der Waals surface area contributed by atoms with Crippen LogP contribution in [-0.2, 0) is 0 Å². The molecule has 6 unspecified atom stereocenters. The molecule has 96 valence electrons. The minimum Gasteiger partial charge on any atom is -0.0851 e. The van der Waals surface area contributed by atoms with Crippen molar-refractivity contribution in [3.8, 4) is 0 Å². The fourth-order valence-corrected chi connectivity index (χ4v) is 4.87. The Kier molecular flexibility index (Phi) is 3.32. The lowest BCUT2D eigenvalue weighted by atomic mass is 9.84. The van der Waals surface area contributed by atoms with Crippen LogP contribution in [0.1, 0.15) is 58.8 Å². The highest BCUT2D eigenvalue weighted by Crippen LogP contribution is 2.47. The number of hydrogen-bond acceptors (Lipinski definition) is 0. The summed E-state index contributed by atoms with van der Waals surface area (Å²) in [6, 6.07) is 0. The second kappa shape index (κ2) is 4.78. The van der Waals surface area contributed by atoms with E-state index in [1.54, 1.807) is 0 Å². The van der Waals surface area contributed by atoms with Gasteiger partial charge in [-0.05, 0) is 74.0 Å². The average Bonchev–Trinajstić information content (AvgIpc) is 3.01. The molecule has 2 saturated carbocycles. The summed E-state index contributed by atoms with van der Waals surface area (Å²) in [5.74, 6) is 6.11. The summed E-state index contributed by atoms with van der Waals surface area (Å²) in [6.07, 6.45) is 15.5. The van der Waals surface area contributed by atoms with Gasteiger partial charge in [0.1, 0.15) is 0 Å². The minimum absolute atomic E-state index is 0.967. The van der Waals surface area contributed by atoms with Crippen molar-refractivity contribution >= 4 is 0 Å². The number of fused-ring (bicyclic) bond motifs is 2. The van der Waals surface area contributed by atoms with Crippen molar-refractivity contribution in [3.05, 3.63) is 12.2 Å². The van der Waals surface area contributed by atoms with Gasteiger partial charge in [-0.1, -0.05) is 32.4 Å². The van der Waals surface area contributed by atoms with E-state index in [-0.39, 0.29) is 0 Å². The Bertz CT molecular complexity index is 290. The fraction of sp³-hybridized carbons (Fsp3) is 0.882. The van der Waals surface area contributed by atoms with Crippen LogP contribution in [0.25, 0.3) is 0 Å². The molecule has 3 rings (SSSR count). The van der Waals surface area contributed by atoms with Crippen LogP contribution in [0.15, 0.2) is 12.2 Å². The molecule has 17 heavy (non-hydrogen) atoms. The van der Waals surface area contributed by atoms with Gasteiger partial charge in [-0.3, -0.25) is 0 Å². The molecule has 0 amide bonds. The van der Waals surface area contributed by atoms with Crippen molar-refractivity contribution in [2.45, 2.75) is 58.8 Å². The van der Waals surface area contributed by atoms with Crippen LogP contribution in [0.4, 0.5) is 0 Å². The normalized spacial score (nSPS) is 48.1. The molecule has 0 aromatic rings. The molecular weight excluding hydrogens is 204 g/mol. The first-order chi connectivity index (χ1) is 8.26. The summed E-state index contributed by atoms with van der Waals surface area (Å²) in [6.45, 7) is 4.88. The molecule has 2 fully saturated rings. The summed E-state index contributed by atoms with van der Waals surface area (Å²) < 4.78 is 0. The Labute approximate surface area is 107 Å². The van der Waals surface area contributed by atoms with Gasteiger partial charge in [-0.15, -0.1) is 0 Å². The highest BCUT2D eigenvalue weighted by molar-refractivity contribution is 5.10. The van der Waals surface area contributed by atoms with Crippen LogP contribution in [-0.4, -0.2) is 0 Å². The summed E-state index contributed by atoms with van der Waals surface area (Å²) in [4.78, 5) is 0. The zero-order valence-corrected chi connectivity index (χ0v) is 11.6. The van der Waals surface area contributed by atoms with Gasteiger partial charge in [-0.25, -0.2) is 0 Å². The topological polar surface area (TPSA) is 0 Å². The zero-order chi connectivity index (χ0) is 11.8. The van der Waals surface area contributed by atoms with Crippen molar-refractivity contribution in [3.63, 3.8) is 0 Å². The first-order valence-electron chi connectivity index (χ1n) is 7.94. The molecule has 0 aromatic heterocycles. The molecule has 3 aliphatic carbocycles. The minimum atomic E-state index is 0.967. The van der Waals surface area contributed by atoms with Crippen molar-refractivity contribution in [2.24, 2.45) is 35.5 Å². The smallest absolute Gasteiger partial charge is 0.0199 e. The molecule has 0 radical (unpaired) electrons. The lowest BCUT2D eigenvalue weighted by Crippen LogP contribution is -2.11. The van der Waals surface area contributed by atoms with Gasteiger partial charge in [0, 0.05) is 0 Å². The molecule has 0 saturated heterocycles. The van der Waals surface area contributed by atoms with E-state index >= 15 is 0 Å². The van der Waals surface area contributed by atoms with Gasteiger partial charge in [0.05, 0.1) is 0 Å². The zero-order valence-electron chi connectivity index (χ0n) is 11.6. The summed E-state index contributed by atoms with van der Waals surface area (Å²) >= 11 is 0. The highest BCUT2D eigenvalue weighted by atomic mass is 14.4. The lowest BCUT2D eigenvalue weighted by Gasteiger charge is -2.22. The number of hydrogen-bond donors (Lipinski definition) is 0. The maximum Gasteiger partial charge on any atom is -0.0199 e. The molecule has 0 spiro atoms. The van der Waals surface area contributed by atoms with Gasteiger partial charge in [0.2, 0.25) is 0 Å². The maximum atomic E-state index is 2.52. The van der Waals surface area contributed by atoms with Crippen molar-refractivity contribution in [1.29, 1.82) is 0 Å². The number of allylic oxidation sites excluding steroid dienone is 2. The van der Waals surface area contributed by atoms with E-state index in [9.17, 15) is 0 Å². The lowest BCUT2D eigenvalue weighted by molar-refractivity contribution is 0.317. The highest BCUT2D eigenvalue weighted by Gasteiger charge is 2.37. The summed E-state index contributed by atoms with van der Waals surface area (Å²) in [5, 5.41) is 0. The molecule has 6 atom stereocenters. The van der Waals surface area contributed by atoms with Crippen molar-refractivity contribution in [2.75, 3.05) is 0 Å². The van der Waals surface area contributed by atoms with Crippen LogP contribution in [0, 0.1) is 35.5 Å². The van der Waals surface area contributed by atoms with Crippen LogP contribution in [0.5, 0.6) is 0 Å². The molecule has 0 N–H and O–H groups in total. The SMILES string of the molecule is CCC1CC(C)C(CCC2CC3C=CC2C3)C1. The predicted molar refractivity (Wildman–Crippen MR) is 73.7 cm³/mol. The molecule has 3 aliphatic rings. The average molecular weight is 232 g/mol. The monoisotopic (exact) mass is 232 g/mol. The van der Waals surface area contributed by atoms with Crippen LogP contribution >= 0.6 is 0 Å². The van der Waals surface area contributed by atoms with Gasteiger partial charge in [-0.2, -0.15) is 0 Å². The Hall–Kier alpha value is -0.260. The largest absolute Gasteiger partial charge is 0.0851 e. The third-order valence-electron chi connectivity index (χ3n) is 6.05. The number of rotatable bonds is 4. The maximum absolute atomic E-state index is 2.52. The van der Waals surface area contributed by atoms with Crippen LogP contribution in [0.2, 0.25) is 0 Å². The Morgan fingerprint density at radius 2 is 1.76 bits per heavy atom. The van der Waals surface area contributed by atoms with Gasteiger partial charge in [0.25, 0.3) is 0 Å². The molecule has 0 heteroatoms. The molecule has 2 bridgehead atoms. The molecule has 0 heterocycles. The summed E-state index contributed by atoms with van der Waals surface area (Å²) in [7, 11) is 0. The Morgan fingerprint density at radius 3 is 2.35 bits per heavy atom. The summed E-state index contributed by atoms with van der Waals surface area (Å²) in [5.41, 5.74) is 0. The standard InChI is InChI=1S/C17H28/c1-3-13-8-12(2)15(9-13)6-7-17-11-14-4-5-16(17)10-14/h4-5,12-17H,3,6-11H2,1-2H3. The Balaban J connectivity index is 1.47. The molecular formula is C17H28. The first-order valence-corrected chi connectivity index (χ1v) is 7.94. The van der Waals surface area contributed by atoms with Crippen molar-refractivity contribution in [1.82, 2.24) is 0 Å². The van der Waals surface area contributed by atoms with E-state index in [0.717, 1.165) is 35.5 Å². The fourth-order valence-electron chi connectivity index (χ4n) is 4.87. The molecule has 0 aromatic carbocycles. The second-order valence-corrected chi connectivity index (χ2v) is 7.10. The van der Waals surface area contributed by atoms with E-state index in [4.69, 9.17) is 0 Å². The predicted octanol–water partition coefficient (Wildman–Crippen LogP) is 5.05. The third-order valence-corrected chi connectivity index (χ3v) is 6.05. The molecule has 0 aliphatic heterocycles. The first kappa shape index (κ1) is 11.8. The third kappa shape index (κ3) is 2.33. The van der Waals surface area contributed by atoms with E-state index < -0.39 is 0 Å². The quantitative estimate of drug-likeness (QED) is 0.595. The van der Waals surface area contributed by atoms with E-state index in [0.29, 0.717) is 0 Å². The van der Waals surface area contributed by atoms with E-state index in [2.05, 4.69) is 26.0 Å². The van der Waals surface area contributed by atoms with Gasteiger partial charge < -0.3 is 0 Å². The van der Waals surface area contributed by atoms with Gasteiger partial charge >= 0.3 is 0 Å². The Morgan fingerprint density at radius 1 is 0.941 bits per heavy atom. The second-order valence-electron chi connectivity index (χ2n) is 7.10. The van der Waals surface area contributed by atoms with Crippen molar-refractivity contribution < 1.29 is 0 Å². The van der Waals surface area contributed by atoms with Gasteiger partial charge in [0.15, 0.2) is 0 Å². The van der Waals surface area contributed by atoms with E-state index in [1.165, 1.54) is 44.9 Å².